The molecule has 1 amide bonds. The third kappa shape index (κ3) is 2.27. The maximum atomic E-state index is 11.8. The van der Waals surface area contributed by atoms with Crippen LogP contribution in [0.15, 0.2) is 18.3 Å². The average molecular weight is 249 g/mol. The third-order valence-corrected chi connectivity index (χ3v) is 2.95. The summed E-state index contributed by atoms with van der Waals surface area (Å²) in [6, 6.07) is 2.94. The quantitative estimate of drug-likeness (QED) is 0.790. The largest absolute Gasteiger partial charge is 0.465 e. The Balaban J connectivity index is 2.19. The van der Waals surface area contributed by atoms with Crippen LogP contribution in [0.1, 0.15) is 16.8 Å². The van der Waals surface area contributed by atoms with Gasteiger partial charge in [0.2, 0.25) is 5.91 Å². The van der Waals surface area contributed by atoms with E-state index < -0.39 is 5.97 Å². The first-order valence-electron chi connectivity index (χ1n) is 5.68. The van der Waals surface area contributed by atoms with Crippen molar-refractivity contribution in [1.82, 2.24) is 9.88 Å². The zero-order chi connectivity index (χ0) is 13.1. The Hall–Kier alpha value is -2.11. The number of esters is 1. The number of aromatic nitrogens is 1. The van der Waals surface area contributed by atoms with Gasteiger partial charge in [-0.25, -0.2) is 9.78 Å². The van der Waals surface area contributed by atoms with Gasteiger partial charge in [0.1, 0.15) is 17.4 Å². The number of nitrogens with zero attached hydrogens (tertiary/aromatic N) is 2. The van der Waals surface area contributed by atoms with Crippen molar-refractivity contribution in [3.05, 3.63) is 23.9 Å². The smallest absolute Gasteiger partial charge is 0.341 e. The minimum Gasteiger partial charge on any atom is -0.465 e. The van der Waals surface area contributed by atoms with Gasteiger partial charge in [-0.1, -0.05) is 0 Å². The number of amides is 1. The molecular formula is C12H15N3O3. The molecule has 0 aliphatic carbocycles. The number of likely N-dealkylation sites (tertiary alicyclic amines) is 1. The first-order valence-corrected chi connectivity index (χ1v) is 5.68. The molecule has 1 aliphatic heterocycles. The van der Waals surface area contributed by atoms with E-state index >= 15 is 0 Å². The van der Waals surface area contributed by atoms with E-state index in [1.807, 2.05) is 0 Å². The van der Waals surface area contributed by atoms with Crippen molar-refractivity contribution in [2.24, 2.45) is 0 Å². The van der Waals surface area contributed by atoms with Crippen molar-refractivity contribution in [3.63, 3.8) is 0 Å². The van der Waals surface area contributed by atoms with Crippen molar-refractivity contribution in [2.45, 2.75) is 12.5 Å². The number of carbonyl (C=O) groups is 2. The maximum absolute atomic E-state index is 11.8. The Labute approximate surface area is 105 Å². The second-order valence-electron chi connectivity index (χ2n) is 4.14. The number of ether oxygens (including phenoxy) is 1. The molecule has 6 heteroatoms. The highest BCUT2D eigenvalue weighted by Gasteiger charge is 2.30. The van der Waals surface area contributed by atoms with Crippen LogP contribution in [0, 0.1) is 0 Å². The maximum Gasteiger partial charge on any atom is 0.341 e. The minimum absolute atomic E-state index is 0.0106. The van der Waals surface area contributed by atoms with Gasteiger partial charge in [-0.3, -0.25) is 4.79 Å². The van der Waals surface area contributed by atoms with E-state index in [1.54, 1.807) is 30.3 Å². The number of rotatable bonds is 3. The molecule has 1 aromatic rings. The van der Waals surface area contributed by atoms with Crippen molar-refractivity contribution in [1.29, 1.82) is 0 Å². The highest BCUT2D eigenvalue weighted by atomic mass is 16.5. The van der Waals surface area contributed by atoms with Crippen LogP contribution in [0.2, 0.25) is 0 Å². The summed E-state index contributed by atoms with van der Waals surface area (Å²) in [5.74, 6) is -0.0705. The predicted octanol–water partition coefficient (Wildman–Crippen LogP) is 0.511. The Bertz CT molecular complexity index is 475. The number of nitrogens with one attached hydrogen (secondary N) is 1. The van der Waals surface area contributed by atoms with Crippen molar-refractivity contribution in [2.75, 3.05) is 26.0 Å². The fourth-order valence-corrected chi connectivity index (χ4v) is 1.92. The van der Waals surface area contributed by atoms with Gasteiger partial charge in [-0.05, 0) is 18.6 Å². The second kappa shape index (κ2) is 5.03. The van der Waals surface area contributed by atoms with E-state index in [0.717, 1.165) is 0 Å². The Kier molecular flexibility index (Phi) is 3.45. The highest BCUT2D eigenvalue weighted by Crippen LogP contribution is 2.18. The Morgan fingerprint density at radius 2 is 2.39 bits per heavy atom. The van der Waals surface area contributed by atoms with Crippen LogP contribution < -0.4 is 5.32 Å². The van der Waals surface area contributed by atoms with Crippen LogP contribution in [-0.2, 0) is 9.53 Å². The van der Waals surface area contributed by atoms with Crippen LogP contribution in [0.4, 0.5) is 5.82 Å². The monoisotopic (exact) mass is 249 g/mol. The number of methoxy groups -OCH3 is 1. The summed E-state index contributed by atoms with van der Waals surface area (Å²) < 4.78 is 4.68. The molecule has 6 nitrogen and oxygen atoms in total. The lowest BCUT2D eigenvalue weighted by atomic mass is 10.2. The molecule has 1 aromatic heterocycles. The molecule has 18 heavy (non-hydrogen) atoms. The summed E-state index contributed by atoms with van der Waals surface area (Å²) in [5, 5.41) is 3.00. The van der Waals surface area contributed by atoms with E-state index in [9.17, 15) is 9.59 Å². The Morgan fingerprint density at radius 1 is 1.61 bits per heavy atom. The molecule has 2 rings (SSSR count). The van der Waals surface area contributed by atoms with Gasteiger partial charge < -0.3 is 15.0 Å². The standard InChI is InChI=1S/C12H15N3O3/c1-15-7-5-9(11(15)16)14-10-8(12(17)18-2)4-3-6-13-10/h3-4,6,9H,5,7H2,1-2H3,(H,13,14). The van der Waals surface area contributed by atoms with Gasteiger partial charge in [-0.15, -0.1) is 0 Å². The van der Waals surface area contributed by atoms with E-state index in [4.69, 9.17) is 0 Å². The summed E-state index contributed by atoms with van der Waals surface area (Å²) in [4.78, 5) is 29.1. The van der Waals surface area contributed by atoms with Crippen LogP contribution in [0.5, 0.6) is 0 Å². The van der Waals surface area contributed by atoms with Crippen molar-refractivity contribution in [3.8, 4) is 0 Å². The fraction of sp³-hybridized carbons (Fsp3) is 0.417. The molecule has 1 N–H and O–H groups in total. The molecule has 1 aliphatic rings. The van der Waals surface area contributed by atoms with Crippen LogP contribution in [0.3, 0.4) is 0 Å². The normalized spacial score (nSPS) is 18.9. The zero-order valence-electron chi connectivity index (χ0n) is 10.3. The lowest BCUT2D eigenvalue weighted by Gasteiger charge is -2.14. The molecule has 0 radical (unpaired) electrons. The van der Waals surface area contributed by atoms with E-state index in [1.165, 1.54) is 7.11 Å². The summed E-state index contributed by atoms with van der Waals surface area (Å²) in [6.07, 6.45) is 2.27. The number of pyridine rings is 1. The van der Waals surface area contributed by atoms with Gasteiger partial charge >= 0.3 is 5.97 Å². The molecule has 1 fully saturated rings. The first-order chi connectivity index (χ1) is 8.63. The van der Waals surface area contributed by atoms with Gasteiger partial charge in [0.25, 0.3) is 0 Å². The highest BCUT2D eigenvalue weighted by molar-refractivity contribution is 5.95. The van der Waals surface area contributed by atoms with Crippen molar-refractivity contribution < 1.29 is 14.3 Å². The molecule has 1 saturated heterocycles. The number of hydrogen-bond acceptors (Lipinski definition) is 5. The lowest BCUT2D eigenvalue weighted by Crippen LogP contribution is -2.31. The zero-order valence-corrected chi connectivity index (χ0v) is 10.3. The van der Waals surface area contributed by atoms with Gasteiger partial charge in [0.05, 0.1) is 7.11 Å². The summed E-state index contributed by atoms with van der Waals surface area (Å²) in [5.41, 5.74) is 0.336. The van der Waals surface area contributed by atoms with Crippen LogP contribution in [-0.4, -0.2) is 48.5 Å². The number of hydrogen-bond donors (Lipinski definition) is 1. The van der Waals surface area contributed by atoms with Crippen LogP contribution >= 0.6 is 0 Å². The van der Waals surface area contributed by atoms with E-state index in [-0.39, 0.29) is 11.9 Å². The summed E-state index contributed by atoms with van der Waals surface area (Å²) in [6.45, 7) is 0.705. The van der Waals surface area contributed by atoms with Gasteiger partial charge in [0.15, 0.2) is 0 Å². The molecular weight excluding hydrogens is 234 g/mol. The lowest BCUT2D eigenvalue weighted by molar-refractivity contribution is -0.127. The van der Waals surface area contributed by atoms with E-state index in [2.05, 4.69) is 15.0 Å². The SMILES string of the molecule is COC(=O)c1cccnc1NC1CCN(C)C1=O. The molecule has 0 aromatic carbocycles. The molecule has 1 atom stereocenters. The molecule has 1 unspecified atom stereocenters. The number of carbonyl (C=O) groups excluding carboxylic acids is 2. The van der Waals surface area contributed by atoms with Crippen molar-refractivity contribution >= 4 is 17.7 Å². The molecule has 96 valence electrons. The molecule has 0 bridgehead atoms. The molecule has 0 spiro atoms. The van der Waals surface area contributed by atoms with Gasteiger partial charge in [0, 0.05) is 19.8 Å². The average Bonchev–Trinajstić information content (AvgIpc) is 2.70. The number of likely N-dealkylation sites (N-methyl/N-ethyl adjacent to an activating group) is 1. The molecule has 2 heterocycles. The predicted molar refractivity (Wildman–Crippen MR) is 65.2 cm³/mol. The molecule has 0 saturated carbocycles. The number of anilines is 1. The Morgan fingerprint density at radius 3 is 3.00 bits per heavy atom. The first kappa shape index (κ1) is 12.3. The van der Waals surface area contributed by atoms with Crippen LogP contribution in [0.25, 0.3) is 0 Å². The summed E-state index contributed by atoms with van der Waals surface area (Å²) in [7, 11) is 3.07. The fourth-order valence-electron chi connectivity index (χ4n) is 1.92. The summed E-state index contributed by atoms with van der Waals surface area (Å²) >= 11 is 0. The second-order valence-corrected chi connectivity index (χ2v) is 4.14. The van der Waals surface area contributed by atoms with Gasteiger partial charge in [-0.2, -0.15) is 0 Å². The topological polar surface area (TPSA) is 71.5 Å². The minimum atomic E-state index is -0.468. The third-order valence-electron chi connectivity index (χ3n) is 2.95. The van der Waals surface area contributed by atoms with E-state index in [0.29, 0.717) is 24.3 Å².